The molecular weight excluding hydrogens is 521 g/mol. The second-order valence-electron chi connectivity index (χ2n) is 11.9. The number of fused-ring (bicyclic) bond motifs is 4. The molecule has 7 rings (SSSR count). The first-order valence-corrected chi connectivity index (χ1v) is 13.8. The van der Waals surface area contributed by atoms with Gasteiger partial charge in [0.05, 0.1) is 24.3 Å². The minimum atomic E-state index is -2.84. The number of pyridine rings is 1. The van der Waals surface area contributed by atoms with Crippen molar-refractivity contribution >= 4 is 22.6 Å². The summed E-state index contributed by atoms with van der Waals surface area (Å²) in [6, 6.07) is 7.76. The lowest BCUT2D eigenvalue weighted by Crippen LogP contribution is -2.52. The van der Waals surface area contributed by atoms with Gasteiger partial charge in [-0.05, 0) is 35.9 Å². The maximum Gasteiger partial charge on any atom is 0.257 e. The van der Waals surface area contributed by atoms with Crippen LogP contribution in [0.25, 0.3) is 10.9 Å². The normalized spacial score (nSPS) is 21.2. The molecule has 1 spiro atoms. The number of amides is 1. The molecular formula is C30H31F3N4O3. The van der Waals surface area contributed by atoms with Crippen molar-refractivity contribution < 1.29 is 27.4 Å². The van der Waals surface area contributed by atoms with Crippen LogP contribution in [0.1, 0.15) is 58.3 Å². The number of hydrogen-bond acceptors (Lipinski definition) is 6. The standard InChI is InChI=1S/C30H31F3N4O3/c1-36-6-4-29(5-7-36)11-18-8-17(2-3-26(18)40-29)14-37(19-12-30(32,33)13-19)28(38)21-9-20-22-15-39-16-23(22)27(34)35-25(20)10-24(21)31/h2-3,8-10,19H,4-7,11-16H2,1H3,(H2,34,35). The van der Waals surface area contributed by atoms with Gasteiger partial charge in [-0.2, -0.15) is 0 Å². The Bertz CT molecular complexity index is 1530. The first kappa shape index (κ1) is 25.6. The van der Waals surface area contributed by atoms with Crippen molar-refractivity contribution in [3.63, 3.8) is 0 Å². The summed E-state index contributed by atoms with van der Waals surface area (Å²) in [4.78, 5) is 21.8. The number of carbonyl (C=O) groups excluding carboxylic acids is 1. The lowest BCUT2D eigenvalue weighted by molar-refractivity contribution is -0.117. The Hall–Kier alpha value is -3.37. The lowest BCUT2D eigenvalue weighted by atomic mass is 9.85. The second-order valence-corrected chi connectivity index (χ2v) is 11.9. The van der Waals surface area contributed by atoms with E-state index in [4.69, 9.17) is 15.2 Å². The van der Waals surface area contributed by atoms with Crippen LogP contribution in [-0.2, 0) is 30.9 Å². The highest BCUT2D eigenvalue weighted by Gasteiger charge is 2.49. The number of ether oxygens (including phenoxy) is 2. The van der Waals surface area contributed by atoms with Crippen molar-refractivity contribution in [3.8, 4) is 5.75 Å². The molecule has 0 bridgehead atoms. The molecule has 1 saturated heterocycles. The zero-order valence-electron chi connectivity index (χ0n) is 22.3. The summed E-state index contributed by atoms with van der Waals surface area (Å²) in [7, 11) is 2.11. The van der Waals surface area contributed by atoms with Crippen molar-refractivity contribution in [2.45, 2.75) is 69.4 Å². The SMILES string of the molecule is CN1CCC2(CC1)Cc1cc(CN(C(=O)c3cc4c5c(c(N)nc4cc3F)COC5)C3CC(F)(F)C3)ccc1O2. The number of carbonyl (C=O) groups is 1. The molecule has 210 valence electrons. The Morgan fingerprint density at radius 1 is 1.15 bits per heavy atom. The van der Waals surface area contributed by atoms with Gasteiger partial charge >= 0.3 is 0 Å². The van der Waals surface area contributed by atoms with Crippen LogP contribution in [-0.4, -0.2) is 58.4 Å². The zero-order valence-corrected chi connectivity index (χ0v) is 22.3. The molecule has 0 unspecified atom stereocenters. The van der Waals surface area contributed by atoms with Crippen LogP contribution >= 0.6 is 0 Å². The minimum Gasteiger partial charge on any atom is -0.487 e. The first-order valence-electron chi connectivity index (χ1n) is 13.8. The quantitative estimate of drug-likeness (QED) is 0.500. The molecule has 1 saturated carbocycles. The highest BCUT2D eigenvalue weighted by atomic mass is 19.3. The zero-order chi connectivity index (χ0) is 27.8. The molecule has 1 aromatic heterocycles. The van der Waals surface area contributed by atoms with Crippen LogP contribution in [0.4, 0.5) is 19.0 Å². The van der Waals surface area contributed by atoms with E-state index < -0.39 is 36.5 Å². The highest BCUT2D eigenvalue weighted by Crippen LogP contribution is 2.44. The number of nitrogens with zero attached hydrogens (tertiary/aromatic N) is 3. The fourth-order valence-electron chi connectivity index (χ4n) is 6.61. The topological polar surface area (TPSA) is 80.9 Å². The minimum absolute atomic E-state index is 0.0985. The van der Waals surface area contributed by atoms with Gasteiger partial charge in [0, 0.05) is 74.8 Å². The van der Waals surface area contributed by atoms with E-state index >= 15 is 4.39 Å². The fraction of sp³-hybridized carbons (Fsp3) is 0.467. The summed E-state index contributed by atoms with van der Waals surface area (Å²) in [5.74, 6) is -3.10. The molecule has 3 aromatic rings. The molecule has 0 atom stereocenters. The van der Waals surface area contributed by atoms with Gasteiger partial charge in [0.25, 0.3) is 11.8 Å². The number of hydrogen-bond donors (Lipinski definition) is 1. The van der Waals surface area contributed by atoms with Gasteiger partial charge < -0.3 is 25.0 Å². The number of halogens is 3. The molecule has 2 N–H and O–H groups in total. The van der Waals surface area contributed by atoms with Gasteiger partial charge in [-0.15, -0.1) is 0 Å². The number of aromatic nitrogens is 1. The van der Waals surface area contributed by atoms with Crippen molar-refractivity contribution in [2.75, 3.05) is 25.9 Å². The van der Waals surface area contributed by atoms with E-state index in [1.807, 2.05) is 18.2 Å². The molecule has 0 radical (unpaired) electrons. The number of anilines is 1. The van der Waals surface area contributed by atoms with Gasteiger partial charge in [-0.1, -0.05) is 12.1 Å². The summed E-state index contributed by atoms with van der Waals surface area (Å²) in [6.07, 6.45) is 1.76. The van der Waals surface area contributed by atoms with E-state index in [9.17, 15) is 13.6 Å². The Labute approximate surface area is 230 Å². The Kier molecular flexibility index (Phi) is 5.80. The molecule has 2 aromatic carbocycles. The van der Waals surface area contributed by atoms with Crippen molar-refractivity contribution in [2.24, 2.45) is 0 Å². The Morgan fingerprint density at radius 2 is 1.90 bits per heavy atom. The Balaban J connectivity index is 1.20. The summed E-state index contributed by atoms with van der Waals surface area (Å²) in [5.41, 5.74) is 9.36. The smallest absolute Gasteiger partial charge is 0.257 e. The average Bonchev–Trinajstić information content (AvgIpc) is 3.53. The Morgan fingerprint density at radius 3 is 2.65 bits per heavy atom. The van der Waals surface area contributed by atoms with Crippen LogP contribution in [0.15, 0.2) is 30.3 Å². The maximum absolute atomic E-state index is 15.4. The van der Waals surface area contributed by atoms with E-state index in [-0.39, 0.29) is 30.1 Å². The third kappa shape index (κ3) is 4.28. The highest BCUT2D eigenvalue weighted by molar-refractivity contribution is 5.99. The predicted octanol–water partition coefficient (Wildman–Crippen LogP) is 4.83. The van der Waals surface area contributed by atoms with Crippen LogP contribution in [0.2, 0.25) is 0 Å². The van der Waals surface area contributed by atoms with E-state index in [1.54, 1.807) is 0 Å². The molecule has 4 aliphatic rings. The lowest BCUT2D eigenvalue weighted by Gasteiger charge is -2.42. The molecule has 10 heteroatoms. The van der Waals surface area contributed by atoms with Crippen molar-refractivity contribution in [1.29, 1.82) is 0 Å². The summed E-state index contributed by atoms with van der Waals surface area (Å²) >= 11 is 0. The van der Waals surface area contributed by atoms with Crippen molar-refractivity contribution in [3.05, 3.63) is 64.0 Å². The molecule has 4 heterocycles. The number of benzene rings is 2. The number of likely N-dealkylation sites (tertiary alicyclic amines) is 1. The monoisotopic (exact) mass is 552 g/mol. The third-order valence-electron chi connectivity index (χ3n) is 9.03. The van der Waals surface area contributed by atoms with E-state index in [1.165, 1.54) is 17.0 Å². The summed E-state index contributed by atoms with van der Waals surface area (Å²) in [6.45, 7) is 2.61. The van der Waals surface area contributed by atoms with E-state index in [0.29, 0.717) is 17.5 Å². The molecule has 2 fully saturated rings. The number of nitrogen functional groups attached to an aromatic ring is 1. The number of rotatable bonds is 4. The average molecular weight is 553 g/mol. The molecule has 7 nitrogen and oxygen atoms in total. The maximum atomic E-state index is 15.4. The van der Waals surface area contributed by atoms with Crippen LogP contribution in [0.5, 0.6) is 5.75 Å². The van der Waals surface area contributed by atoms with Gasteiger partial charge in [0.2, 0.25) is 0 Å². The predicted molar refractivity (Wildman–Crippen MR) is 143 cm³/mol. The largest absolute Gasteiger partial charge is 0.487 e. The molecule has 1 amide bonds. The van der Waals surface area contributed by atoms with Crippen LogP contribution < -0.4 is 10.5 Å². The number of nitrogens with two attached hydrogens (primary N) is 1. The summed E-state index contributed by atoms with van der Waals surface area (Å²) in [5, 5.41) is 0.587. The summed E-state index contributed by atoms with van der Waals surface area (Å²) < 4.78 is 55.2. The second kappa shape index (κ2) is 9.07. The van der Waals surface area contributed by atoms with Gasteiger partial charge in [-0.3, -0.25) is 4.79 Å². The van der Waals surface area contributed by atoms with E-state index in [2.05, 4.69) is 16.9 Å². The molecule has 3 aliphatic heterocycles. The molecule has 1 aliphatic carbocycles. The van der Waals surface area contributed by atoms with Gasteiger partial charge in [0.1, 0.15) is 23.0 Å². The van der Waals surface area contributed by atoms with Gasteiger partial charge in [0.15, 0.2) is 0 Å². The van der Waals surface area contributed by atoms with E-state index in [0.717, 1.165) is 60.4 Å². The van der Waals surface area contributed by atoms with Crippen molar-refractivity contribution in [1.82, 2.24) is 14.8 Å². The first-order chi connectivity index (χ1) is 19.1. The third-order valence-corrected chi connectivity index (χ3v) is 9.03. The fourth-order valence-corrected chi connectivity index (χ4v) is 6.61. The number of alkyl halides is 2. The van der Waals surface area contributed by atoms with Crippen LogP contribution in [0.3, 0.4) is 0 Å². The molecule has 40 heavy (non-hydrogen) atoms. The number of piperidine rings is 1. The van der Waals surface area contributed by atoms with Crippen LogP contribution in [0, 0.1) is 5.82 Å². The van der Waals surface area contributed by atoms with Gasteiger partial charge in [-0.25, -0.2) is 18.2 Å².